The van der Waals surface area contributed by atoms with Crippen LogP contribution in [0.5, 0.6) is 0 Å². The Hall–Kier alpha value is -0.960. The molecule has 0 saturated carbocycles. The highest BCUT2D eigenvalue weighted by Gasteiger charge is 2.20. The maximum Gasteiger partial charge on any atom is 0.105 e. The molecule has 1 unspecified atom stereocenters. The number of rotatable bonds is 5. The van der Waals surface area contributed by atoms with E-state index in [0.29, 0.717) is 10.0 Å². The fourth-order valence-corrected chi connectivity index (χ4v) is 2.51. The maximum atomic E-state index is 6.31. The summed E-state index contributed by atoms with van der Waals surface area (Å²) in [7, 11) is 0. The molecule has 2 nitrogen and oxygen atoms in total. The number of halogens is 2. The summed E-state index contributed by atoms with van der Waals surface area (Å²) in [5.74, 6) is 0.893. The van der Waals surface area contributed by atoms with Crippen LogP contribution in [0.2, 0.25) is 10.0 Å². The van der Waals surface area contributed by atoms with Crippen molar-refractivity contribution < 1.29 is 4.42 Å². The Morgan fingerprint density at radius 1 is 1.21 bits per heavy atom. The van der Waals surface area contributed by atoms with Crippen LogP contribution in [0.15, 0.2) is 34.9 Å². The third-order valence-electron chi connectivity index (χ3n) is 3.08. The van der Waals surface area contributed by atoms with E-state index in [2.05, 4.69) is 12.2 Å². The molecule has 2 rings (SSSR count). The highest BCUT2D eigenvalue weighted by Crippen LogP contribution is 2.32. The molecule has 4 heteroatoms. The Kier molecular flexibility index (Phi) is 4.92. The molecule has 0 aliphatic rings. The predicted molar refractivity (Wildman–Crippen MR) is 80.0 cm³/mol. The molecule has 2 aromatic rings. The minimum Gasteiger partial charge on any atom is -0.469 e. The third kappa shape index (κ3) is 3.33. The van der Waals surface area contributed by atoms with Gasteiger partial charge in [0, 0.05) is 15.6 Å². The number of hydrogen-bond donors (Lipinski definition) is 1. The molecule has 0 radical (unpaired) electrons. The van der Waals surface area contributed by atoms with Gasteiger partial charge in [0.2, 0.25) is 0 Å². The summed E-state index contributed by atoms with van der Waals surface area (Å²) < 4.78 is 5.40. The average Bonchev–Trinajstić information content (AvgIpc) is 2.80. The Balaban J connectivity index is 2.42. The van der Waals surface area contributed by atoms with Crippen molar-refractivity contribution in [3.8, 4) is 0 Å². The monoisotopic (exact) mass is 297 g/mol. The van der Waals surface area contributed by atoms with Gasteiger partial charge in [-0.25, -0.2) is 0 Å². The van der Waals surface area contributed by atoms with Crippen LogP contribution in [0.25, 0.3) is 0 Å². The number of furan rings is 1. The van der Waals surface area contributed by atoms with Crippen LogP contribution >= 0.6 is 23.2 Å². The van der Waals surface area contributed by atoms with Crippen molar-refractivity contribution in [3.63, 3.8) is 0 Å². The summed E-state index contributed by atoms with van der Waals surface area (Å²) in [5.41, 5.74) is 2.07. The van der Waals surface area contributed by atoms with E-state index in [0.717, 1.165) is 29.9 Å². The van der Waals surface area contributed by atoms with Crippen molar-refractivity contribution in [1.82, 2.24) is 5.32 Å². The van der Waals surface area contributed by atoms with Crippen molar-refractivity contribution in [3.05, 3.63) is 57.5 Å². The fourth-order valence-electron chi connectivity index (χ4n) is 2.11. The second kappa shape index (κ2) is 6.47. The molecule has 0 saturated heterocycles. The van der Waals surface area contributed by atoms with E-state index in [9.17, 15) is 0 Å². The first kappa shape index (κ1) is 14.4. The second-order valence-corrected chi connectivity index (χ2v) is 5.33. The lowest BCUT2D eigenvalue weighted by molar-refractivity contribution is 0.517. The first-order valence-electron chi connectivity index (χ1n) is 6.35. The highest BCUT2D eigenvalue weighted by molar-refractivity contribution is 6.33. The first-order chi connectivity index (χ1) is 9.13. The van der Waals surface area contributed by atoms with Gasteiger partial charge in [0.25, 0.3) is 0 Å². The van der Waals surface area contributed by atoms with Gasteiger partial charge in [-0.05, 0) is 49.7 Å². The van der Waals surface area contributed by atoms with Crippen LogP contribution in [0.4, 0.5) is 0 Å². The third-order valence-corrected chi connectivity index (χ3v) is 3.66. The van der Waals surface area contributed by atoms with Crippen LogP contribution in [-0.2, 0) is 0 Å². The molecule has 0 amide bonds. The molecule has 0 bridgehead atoms. The Bertz CT molecular complexity index is 551. The van der Waals surface area contributed by atoms with Crippen molar-refractivity contribution in [2.24, 2.45) is 0 Å². The van der Waals surface area contributed by atoms with Crippen LogP contribution in [0.3, 0.4) is 0 Å². The minimum absolute atomic E-state index is 0.00454. The lowest BCUT2D eigenvalue weighted by Gasteiger charge is -2.20. The molecule has 1 heterocycles. The zero-order chi connectivity index (χ0) is 13.8. The highest BCUT2D eigenvalue weighted by atomic mass is 35.5. The van der Waals surface area contributed by atoms with Crippen LogP contribution in [-0.4, -0.2) is 6.54 Å². The quantitative estimate of drug-likeness (QED) is 0.841. The molecule has 102 valence electrons. The SMILES string of the molecule is CCCNC(c1cc(Cl)ccc1Cl)c1ccoc1C. The first-order valence-corrected chi connectivity index (χ1v) is 7.11. The summed E-state index contributed by atoms with van der Waals surface area (Å²) in [4.78, 5) is 0. The molecule has 0 aliphatic heterocycles. The zero-order valence-corrected chi connectivity index (χ0v) is 12.6. The lowest BCUT2D eigenvalue weighted by atomic mass is 9.99. The van der Waals surface area contributed by atoms with E-state index in [1.807, 2.05) is 25.1 Å². The molecule has 1 aromatic carbocycles. The van der Waals surface area contributed by atoms with E-state index < -0.39 is 0 Å². The molecular formula is C15H17Cl2NO. The number of benzene rings is 1. The van der Waals surface area contributed by atoms with Gasteiger partial charge in [-0.3, -0.25) is 0 Å². The molecule has 1 atom stereocenters. The molecule has 1 N–H and O–H groups in total. The summed E-state index contributed by atoms with van der Waals surface area (Å²) >= 11 is 12.4. The number of aryl methyl sites for hydroxylation is 1. The summed E-state index contributed by atoms with van der Waals surface area (Å²) in [6, 6.07) is 7.51. The zero-order valence-electron chi connectivity index (χ0n) is 11.0. The fraction of sp³-hybridized carbons (Fsp3) is 0.333. The Morgan fingerprint density at radius 2 is 2.00 bits per heavy atom. The largest absolute Gasteiger partial charge is 0.469 e. The summed E-state index contributed by atoms with van der Waals surface area (Å²) in [5, 5.41) is 4.89. The van der Waals surface area contributed by atoms with Crippen LogP contribution in [0.1, 0.15) is 36.3 Å². The number of nitrogens with one attached hydrogen (secondary N) is 1. The summed E-state index contributed by atoms with van der Waals surface area (Å²) in [6.45, 7) is 4.98. The second-order valence-electron chi connectivity index (χ2n) is 4.49. The van der Waals surface area contributed by atoms with Gasteiger partial charge in [-0.2, -0.15) is 0 Å². The van der Waals surface area contributed by atoms with Gasteiger partial charge in [-0.15, -0.1) is 0 Å². The normalized spacial score (nSPS) is 12.6. The minimum atomic E-state index is 0.00454. The molecule has 0 fully saturated rings. The van der Waals surface area contributed by atoms with E-state index in [-0.39, 0.29) is 6.04 Å². The predicted octanol–water partition coefficient (Wildman–Crippen LogP) is 4.98. The van der Waals surface area contributed by atoms with E-state index in [1.54, 1.807) is 12.3 Å². The van der Waals surface area contributed by atoms with Crippen molar-refractivity contribution in [2.75, 3.05) is 6.54 Å². The molecular weight excluding hydrogens is 281 g/mol. The van der Waals surface area contributed by atoms with Gasteiger partial charge >= 0.3 is 0 Å². The number of hydrogen-bond acceptors (Lipinski definition) is 2. The van der Waals surface area contributed by atoms with E-state index >= 15 is 0 Å². The van der Waals surface area contributed by atoms with Crippen LogP contribution in [0, 0.1) is 6.92 Å². The van der Waals surface area contributed by atoms with Gasteiger partial charge in [0.1, 0.15) is 5.76 Å². The lowest BCUT2D eigenvalue weighted by Crippen LogP contribution is -2.23. The van der Waals surface area contributed by atoms with Crippen molar-refractivity contribution >= 4 is 23.2 Å². The molecule has 0 spiro atoms. The molecule has 1 aromatic heterocycles. The van der Waals surface area contributed by atoms with Gasteiger partial charge < -0.3 is 9.73 Å². The van der Waals surface area contributed by atoms with E-state index in [1.165, 1.54) is 0 Å². The van der Waals surface area contributed by atoms with Crippen molar-refractivity contribution in [1.29, 1.82) is 0 Å². The van der Waals surface area contributed by atoms with Crippen LogP contribution < -0.4 is 5.32 Å². The summed E-state index contributed by atoms with van der Waals surface area (Å²) in [6.07, 6.45) is 2.75. The maximum absolute atomic E-state index is 6.31. The Labute approximate surface area is 123 Å². The van der Waals surface area contributed by atoms with Gasteiger partial charge in [0.05, 0.1) is 12.3 Å². The molecule has 0 aliphatic carbocycles. The average molecular weight is 298 g/mol. The topological polar surface area (TPSA) is 25.2 Å². The van der Waals surface area contributed by atoms with Gasteiger partial charge in [0.15, 0.2) is 0 Å². The molecule has 19 heavy (non-hydrogen) atoms. The van der Waals surface area contributed by atoms with E-state index in [4.69, 9.17) is 27.6 Å². The van der Waals surface area contributed by atoms with Crippen molar-refractivity contribution in [2.45, 2.75) is 26.3 Å². The smallest absolute Gasteiger partial charge is 0.105 e. The standard InChI is InChI=1S/C15H17Cl2NO/c1-3-7-18-15(12-6-8-19-10(12)2)13-9-11(16)4-5-14(13)17/h4-6,8-9,15,18H,3,7H2,1-2H3. The Morgan fingerprint density at radius 3 is 2.63 bits per heavy atom. The van der Waals surface area contributed by atoms with Gasteiger partial charge in [-0.1, -0.05) is 30.1 Å².